The van der Waals surface area contributed by atoms with E-state index in [0.717, 1.165) is 87.0 Å². The zero-order chi connectivity index (χ0) is 26.2. The number of aliphatic imine (C=N–C) groups is 1. The Balaban J connectivity index is 1.46. The maximum absolute atomic E-state index is 6.17. The summed E-state index contributed by atoms with van der Waals surface area (Å²) in [6.07, 6.45) is 4.80. The van der Waals surface area contributed by atoms with Gasteiger partial charge in [0.25, 0.3) is 0 Å². The second-order valence-corrected chi connectivity index (χ2v) is 11.2. The van der Waals surface area contributed by atoms with Crippen molar-refractivity contribution in [2.75, 3.05) is 39.9 Å². The number of amidine groups is 1. The highest BCUT2D eigenvalue weighted by Crippen LogP contribution is 2.40. The molecule has 38 heavy (non-hydrogen) atoms. The standard InChI is InChI=1S/C31H41N5O2/c1-5-22-16-29(35-17-25-9-10-26(18-35)38-25)34-31-27(30(22)36-13-14-37-19-20(36)2)11-12-28(33-31)24-8-6-7-23(15-24)21(3)32-4/h6-8,11-12,15,20-21,25-26,32H,5,9-10,13-14,16-19H2,1-4H3. The van der Waals surface area contributed by atoms with Crippen LogP contribution < -0.4 is 5.32 Å². The lowest BCUT2D eigenvalue weighted by atomic mass is 9.98. The van der Waals surface area contributed by atoms with Gasteiger partial charge in [-0.25, -0.2) is 9.98 Å². The quantitative estimate of drug-likeness (QED) is 0.593. The molecule has 4 unspecified atom stereocenters. The number of pyridine rings is 1. The highest BCUT2D eigenvalue weighted by atomic mass is 16.5. The zero-order valence-electron chi connectivity index (χ0n) is 23.2. The van der Waals surface area contributed by atoms with E-state index in [9.17, 15) is 0 Å². The number of nitrogens with one attached hydrogen (secondary N) is 1. The van der Waals surface area contributed by atoms with Crippen molar-refractivity contribution < 1.29 is 9.47 Å². The summed E-state index contributed by atoms with van der Waals surface area (Å²) in [6, 6.07) is 13.7. The van der Waals surface area contributed by atoms with E-state index in [1.807, 2.05) is 7.05 Å². The van der Waals surface area contributed by atoms with Crippen LogP contribution in [0.25, 0.3) is 17.0 Å². The molecule has 0 aliphatic carbocycles. The Hall–Kier alpha value is -2.74. The van der Waals surface area contributed by atoms with Crippen molar-refractivity contribution in [3.63, 3.8) is 0 Å². The Morgan fingerprint density at radius 2 is 1.95 bits per heavy atom. The van der Waals surface area contributed by atoms with E-state index >= 15 is 0 Å². The molecule has 4 atom stereocenters. The third-order valence-corrected chi connectivity index (χ3v) is 8.68. The molecule has 1 aromatic heterocycles. The second-order valence-electron chi connectivity index (χ2n) is 11.2. The lowest BCUT2D eigenvalue weighted by Gasteiger charge is -2.38. The summed E-state index contributed by atoms with van der Waals surface area (Å²) in [4.78, 5) is 15.6. The monoisotopic (exact) mass is 515 g/mol. The molecule has 0 radical (unpaired) electrons. The Morgan fingerprint density at radius 1 is 1.13 bits per heavy atom. The van der Waals surface area contributed by atoms with Crippen LogP contribution in [0.2, 0.25) is 0 Å². The van der Waals surface area contributed by atoms with Gasteiger partial charge in [0.15, 0.2) is 5.82 Å². The molecule has 4 aliphatic heterocycles. The zero-order valence-corrected chi connectivity index (χ0v) is 23.2. The van der Waals surface area contributed by atoms with Gasteiger partial charge >= 0.3 is 0 Å². The fraction of sp³-hybridized carbons (Fsp3) is 0.548. The third kappa shape index (κ3) is 4.88. The number of likely N-dealkylation sites (tertiary alicyclic amines) is 1. The Labute approximate surface area is 226 Å². The minimum absolute atomic E-state index is 0.279. The van der Waals surface area contributed by atoms with Crippen molar-refractivity contribution in [3.8, 4) is 11.3 Å². The van der Waals surface area contributed by atoms with E-state index in [1.165, 1.54) is 16.8 Å². The molecule has 0 amide bonds. The molecule has 6 rings (SSSR count). The maximum Gasteiger partial charge on any atom is 0.163 e. The predicted octanol–water partition coefficient (Wildman–Crippen LogP) is 5.17. The molecular weight excluding hydrogens is 474 g/mol. The fourth-order valence-electron chi connectivity index (χ4n) is 6.36. The van der Waals surface area contributed by atoms with Crippen molar-refractivity contribution in [2.45, 2.75) is 70.7 Å². The van der Waals surface area contributed by atoms with Gasteiger partial charge < -0.3 is 24.6 Å². The van der Waals surface area contributed by atoms with Gasteiger partial charge in [0, 0.05) is 55.0 Å². The molecule has 1 aromatic carbocycles. The smallest absolute Gasteiger partial charge is 0.163 e. The molecule has 202 valence electrons. The van der Waals surface area contributed by atoms with Crippen molar-refractivity contribution in [2.24, 2.45) is 4.99 Å². The first-order chi connectivity index (χ1) is 18.5. The molecule has 1 N–H and O–H groups in total. The summed E-state index contributed by atoms with van der Waals surface area (Å²) in [5, 5.41) is 3.35. The SMILES string of the molecule is CCC1=C(N2CCOCC2C)c2ccc(-c3cccc(C(C)NC)c3)nc2N=C(N2CC3CCC(C2)O3)C1. The number of ether oxygens (including phenoxy) is 2. The molecule has 3 fully saturated rings. The van der Waals surface area contributed by atoms with Crippen molar-refractivity contribution >= 4 is 17.4 Å². The van der Waals surface area contributed by atoms with Gasteiger partial charge in [0.2, 0.25) is 0 Å². The number of hydrogen-bond acceptors (Lipinski definition) is 7. The van der Waals surface area contributed by atoms with Crippen LogP contribution in [-0.2, 0) is 9.47 Å². The minimum atomic E-state index is 0.279. The molecule has 7 heteroatoms. The topological polar surface area (TPSA) is 62.2 Å². The summed E-state index contributed by atoms with van der Waals surface area (Å²) < 4.78 is 12.0. The van der Waals surface area contributed by atoms with Gasteiger partial charge in [-0.1, -0.05) is 25.1 Å². The summed E-state index contributed by atoms with van der Waals surface area (Å²) in [5.74, 6) is 1.97. The second kappa shape index (κ2) is 10.8. The van der Waals surface area contributed by atoms with Crippen molar-refractivity contribution in [1.29, 1.82) is 0 Å². The van der Waals surface area contributed by atoms with Gasteiger partial charge in [-0.05, 0) is 69.5 Å². The maximum atomic E-state index is 6.17. The van der Waals surface area contributed by atoms with Crippen LogP contribution in [0.1, 0.15) is 63.6 Å². The number of morpholine rings is 2. The van der Waals surface area contributed by atoms with Crippen LogP contribution >= 0.6 is 0 Å². The highest BCUT2D eigenvalue weighted by molar-refractivity contribution is 5.93. The molecule has 7 nitrogen and oxygen atoms in total. The van der Waals surface area contributed by atoms with E-state index in [-0.39, 0.29) is 6.04 Å². The molecule has 0 spiro atoms. The van der Waals surface area contributed by atoms with E-state index in [1.54, 1.807) is 0 Å². The van der Waals surface area contributed by atoms with Gasteiger partial charge in [-0.3, -0.25) is 0 Å². The van der Waals surface area contributed by atoms with Gasteiger partial charge in [0.1, 0.15) is 5.84 Å². The number of benzene rings is 1. The third-order valence-electron chi connectivity index (χ3n) is 8.68. The molecule has 4 aliphatic rings. The lowest BCUT2D eigenvalue weighted by Crippen LogP contribution is -2.46. The summed E-state index contributed by atoms with van der Waals surface area (Å²) in [7, 11) is 2.00. The van der Waals surface area contributed by atoms with Crippen LogP contribution in [-0.4, -0.2) is 78.8 Å². The average molecular weight is 516 g/mol. The van der Waals surface area contributed by atoms with Crippen LogP contribution in [0.3, 0.4) is 0 Å². The first-order valence-corrected chi connectivity index (χ1v) is 14.4. The van der Waals surface area contributed by atoms with Gasteiger partial charge in [-0.15, -0.1) is 0 Å². The Morgan fingerprint density at radius 3 is 2.68 bits per heavy atom. The average Bonchev–Trinajstić information content (AvgIpc) is 3.20. The van der Waals surface area contributed by atoms with Gasteiger partial charge in [0.05, 0.1) is 31.1 Å². The predicted molar refractivity (Wildman–Crippen MR) is 153 cm³/mol. The Bertz CT molecular complexity index is 1230. The number of nitrogens with zero attached hydrogens (tertiary/aromatic N) is 4. The lowest BCUT2D eigenvalue weighted by molar-refractivity contribution is -0.0161. The summed E-state index contributed by atoms with van der Waals surface area (Å²) in [6.45, 7) is 11.0. The largest absolute Gasteiger partial charge is 0.377 e. The molecule has 2 aromatic rings. The molecule has 3 saturated heterocycles. The van der Waals surface area contributed by atoms with Crippen molar-refractivity contribution in [3.05, 3.63) is 53.1 Å². The van der Waals surface area contributed by atoms with Crippen LogP contribution in [0.4, 0.5) is 5.82 Å². The highest BCUT2D eigenvalue weighted by Gasteiger charge is 2.37. The van der Waals surface area contributed by atoms with Crippen LogP contribution in [0, 0.1) is 0 Å². The van der Waals surface area contributed by atoms with Crippen LogP contribution in [0.15, 0.2) is 47.0 Å². The van der Waals surface area contributed by atoms with E-state index in [2.05, 4.69) is 72.3 Å². The Kier molecular flexibility index (Phi) is 7.25. The first kappa shape index (κ1) is 25.5. The van der Waals surface area contributed by atoms with E-state index in [4.69, 9.17) is 19.5 Å². The first-order valence-electron chi connectivity index (χ1n) is 14.4. The minimum Gasteiger partial charge on any atom is -0.377 e. The van der Waals surface area contributed by atoms with Gasteiger partial charge in [-0.2, -0.15) is 0 Å². The van der Waals surface area contributed by atoms with Crippen molar-refractivity contribution in [1.82, 2.24) is 20.1 Å². The summed E-state index contributed by atoms with van der Waals surface area (Å²) >= 11 is 0. The van der Waals surface area contributed by atoms with E-state index < -0.39 is 0 Å². The van der Waals surface area contributed by atoms with E-state index in [0.29, 0.717) is 18.2 Å². The summed E-state index contributed by atoms with van der Waals surface area (Å²) in [5.41, 5.74) is 7.24. The number of rotatable bonds is 5. The van der Waals surface area contributed by atoms with Crippen LogP contribution in [0.5, 0.6) is 0 Å². The normalized spacial score (nSPS) is 26.2. The number of fused-ring (bicyclic) bond motifs is 3. The molecule has 2 bridgehead atoms. The molecular formula is C31H41N5O2. The number of aromatic nitrogens is 1. The fourth-order valence-corrected chi connectivity index (χ4v) is 6.36. The number of hydrogen-bond donors (Lipinski definition) is 1. The molecule has 5 heterocycles. The molecule has 0 saturated carbocycles.